The molecule has 4 nitrogen and oxygen atoms in total. The number of hydrogen-bond acceptors (Lipinski definition) is 3. The maximum atomic E-state index is 5.34. The summed E-state index contributed by atoms with van der Waals surface area (Å²) in [5.74, 6) is 1.78. The van der Waals surface area contributed by atoms with Gasteiger partial charge in [0, 0.05) is 33.2 Å². The molecule has 0 amide bonds. The molecule has 16 rings (SSSR count). The third-order valence-corrected chi connectivity index (χ3v) is 17.4. The number of para-hydroxylation sites is 2. The Morgan fingerprint density at radius 3 is 0.714 bits per heavy atom. The lowest BCUT2D eigenvalue weighted by Crippen LogP contribution is -2.00. The molecule has 0 unspecified atom stereocenters. The van der Waals surface area contributed by atoms with Crippen LogP contribution in [0.5, 0.6) is 0 Å². The molecule has 0 bridgehead atoms. The topological polar surface area (TPSA) is 43.6 Å². The van der Waals surface area contributed by atoms with Crippen molar-refractivity contribution in [2.75, 3.05) is 0 Å². The smallest absolute Gasteiger partial charge is 0.164 e. The van der Waals surface area contributed by atoms with Gasteiger partial charge in [-0.25, -0.2) is 15.0 Å². The molecule has 0 fully saturated rings. The van der Waals surface area contributed by atoms with Crippen molar-refractivity contribution in [1.82, 2.24) is 19.5 Å². The number of hydrogen-bond donors (Lipinski definition) is 0. The van der Waals surface area contributed by atoms with Crippen LogP contribution in [-0.2, 0) is 0 Å². The monoisotopic (exact) mass is 1160 g/mol. The second kappa shape index (κ2) is 23.9. The Kier molecular flexibility index (Phi) is 14.2. The molecule has 91 heavy (non-hydrogen) atoms. The van der Waals surface area contributed by atoms with Gasteiger partial charge in [-0.15, -0.1) is 0 Å². The SMILES string of the molecule is c1ccc(-c2cccc(-c3cccc(-c4cccc(-c5ccc(-c6nc(-c7cccc(-c8cccc(-c9cccc(-c%10ccccc%10)c9)c8)c7)nc(-c7cccc(-c8cccc(-c9cccc(-n%10c%11ccccc%11c%11ccccc%11%10)c9)c8)c7)n6)cc5)c4)c3)c2)cc1. The largest absolute Gasteiger partial charge is 0.309 e. The average molecular weight is 1160 g/mol. The Morgan fingerprint density at radius 2 is 0.374 bits per heavy atom. The van der Waals surface area contributed by atoms with E-state index in [1.165, 1.54) is 55.2 Å². The molecule has 0 aliphatic carbocycles. The number of rotatable bonds is 13. The summed E-state index contributed by atoms with van der Waals surface area (Å²) in [7, 11) is 0. The average Bonchev–Trinajstić information content (AvgIpc) is 1.71. The summed E-state index contributed by atoms with van der Waals surface area (Å²) >= 11 is 0. The van der Waals surface area contributed by atoms with Gasteiger partial charge in [0.25, 0.3) is 0 Å². The zero-order valence-electron chi connectivity index (χ0n) is 49.8. The number of nitrogens with zero attached hydrogens (tertiary/aromatic N) is 4. The highest BCUT2D eigenvalue weighted by Gasteiger charge is 2.17. The van der Waals surface area contributed by atoms with Crippen molar-refractivity contribution < 1.29 is 0 Å². The van der Waals surface area contributed by atoms with E-state index in [4.69, 9.17) is 15.0 Å². The van der Waals surface area contributed by atoms with Crippen molar-refractivity contribution in [3.63, 3.8) is 0 Å². The van der Waals surface area contributed by atoms with E-state index in [1.54, 1.807) is 0 Å². The van der Waals surface area contributed by atoms with Gasteiger partial charge in [0.1, 0.15) is 0 Å². The zero-order valence-corrected chi connectivity index (χ0v) is 49.8. The summed E-state index contributed by atoms with van der Waals surface area (Å²) in [6.45, 7) is 0. The van der Waals surface area contributed by atoms with Crippen LogP contribution in [0.2, 0.25) is 0 Å². The highest BCUT2D eigenvalue weighted by atomic mass is 15.0. The second-order valence-corrected chi connectivity index (χ2v) is 23.2. The Hall–Kier alpha value is -12.1. The van der Waals surface area contributed by atoms with E-state index in [9.17, 15) is 0 Å². The van der Waals surface area contributed by atoms with Crippen molar-refractivity contribution in [2.45, 2.75) is 0 Å². The van der Waals surface area contributed by atoms with Crippen LogP contribution in [0.1, 0.15) is 0 Å². The van der Waals surface area contributed by atoms with Crippen LogP contribution >= 0.6 is 0 Å². The highest BCUT2D eigenvalue weighted by molar-refractivity contribution is 6.09. The molecule has 0 radical (unpaired) electrons. The van der Waals surface area contributed by atoms with E-state index in [-0.39, 0.29) is 0 Å². The predicted octanol–water partition coefficient (Wildman–Crippen LogP) is 23.0. The molecule has 14 aromatic carbocycles. The van der Waals surface area contributed by atoms with E-state index in [2.05, 4.69) is 356 Å². The summed E-state index contributed by atoms with van der Waals surface area (Å²) in [5.41, 5.74) is 26.8. The minimum Gasteiger partial charge on any atom is -0.309 e. The first kappa shape index (κ1) is 54.3. The molecule has 426 valence electrons. The fourth-order valence-corrected chi connectivity index (χ4v) is 12.8. The van der Waals surface area contributed by atoms with Crippen LogP contribution in [0.25, 0.3) is 162 Å². The summed E-state index contributed by atoms with van der Waals surface area (Å²) in [5, 5.41) is 2.49. The van der Waals surface area contributed by atoms with Gasteiger partial charge in [-0.05, 0) is 173 Å². The van der Waals surface area contributed by atoms with Crippen molar-refractivity contribution in [1.29, 1.82) is 0 Å². The first-order valence-corrected chi connectivity index (χ1v) is 31.0. The number of fused-ring (bicyclic) bond motifs is 3. The molecule has 0 aliphatic rings. The maximum absolute atomic E-state index is 5.34. The molecule has 0 saturated heterocycles. The van der Waals surface area contributed by atoms with Crippen LogP contribution in [0.3, 0.4) is 0 Å². The third-order valence-electron chi connectivity index (χ3n) is 17.4. The Morgan fingerprint density at radius 1 is 0.154 bits per heavy atom. The van der Waals surface area contributed by atoms with E-state index in [1.807, 2.05) is 0 Å². The minimum atomic E-state index is 0.591. The zero-order chi connectivity index (χ0) is 60.5. The molecule has 2 aromatic heterocycles. The lowest BCUT2D eigenvalue weighted by Gasteiger charge is -2.13. The van der Waals surface area contributed by atoms with E-state index in [0.29, 0.717) is 17.5 Å². The summed E-state index contributed by atoms with van der Waals surface area (Å²) in [4.78, 5) is 16.0. The molecule has 0 N–H and O–H groups in total. The van der Waals surface area contributed by atoms with Crippen LogP contribution in [0, 0.1) is 0 Å². The van der Waals surface area contributed by atoms with Gasteiger partial charge in [0.05, 0.1) is 11.0 Å². The van der Waals surface area contributed by atoms with Gasteiger partial charge < -0.3 is 4.57 Å². The standard InChI is InChI=1S/C87H58N4/c1-3-20-59(21-4-1)63-24-11-27-66(50-63)69-30-14-31-70(53-69)68-29-13-26-65(52-68)61-46-48-62(49-47-61)85-88-86(78-39-17-36-75(56-78)72-33-15-32-71(54-72)67-28-12-25-64(51-67)60-22-5-2-6-23-60)90-87(89-85)79-40-18-37-76(57-79)73-34-16-35-74(55-73)77-38-19-41-80(58-77)91-83-44-9-7-42-81(83)82-43-8-10-45-84(82)91/h1-58H. The third kappa shape index (κ3) is 11.0. The first-order valence-electron chi connectivity index (χ1n) is 31.0. The van der Waals surface area contributed by atoms with E-state index >= 15 is 0 Å². The van der Waals surface area contributed by atoms with Crippen LogP contribution in [0.15, 0.2) is 352 Å². The van der Waals surface area contributed by atoms with Crippen molar-refractivity contribution in [2.24, 2.45) is 0 Å². The molecule has 2 heterocycles. The lowest BCUT2D eigenvalue weighted by molar-refractivity contribution is 1.07. The molecule has 16 aromatic rings. The van der Waals surface area contributed by atoms with Gasteiger partial charge >= 0.3 is 0 Å². The molecule has 4 heteroatoms. The Labute approximate surface area is 530 Å². The van der Waals surface area contributed by atoms with E-state index < -0.39 is 0 Å². The molecule has 0 saturated carbocycles. The fraction of sp³-hybridized carbons (Fsp3) is 0. The van der Waals surface area contributed by atoms with E-state index in [0.717, 1.165) is 89.1 Å². The number of benzene rings is 14. The fourth-order valence-electron chi connectivity index (χ4n) is 12.8. The van der Waals surface area contributed by atoms with Crippen LogP contribution < -0.4 is 0 Å². The Balaban J connectivity index is 0.741. The van der Waals surface area contributed by atoms with Gasteiger partial charge in [0.15, 0.2) is 17.5 Å². The molecular formula is C87H58N4. The van der Waals surface area contributed by atoms with Gasteiger partial charge in [-0.3, -0.25) is 0 Å². The molecule has 0 atom stereocenters. The highest BCUT2D eigenvalue weighted by Crippen LogP contribution is 2.38. The maximum Gasteiger partial charge on any atom is 0.164 e. The van der Waals surface area contributed by atoms with Crippen molar-refractivity contribution >= 4 is 21.8 Å². The lowest BCUT2D eigenvalue weighted by atomic mass is 9.94. The second-order valence-electron chi connectivity index (χ2n) is 23.2. The van der Waals surface area contributed by atoms with Gasteiger partial charge in [-0.1, -0.05) is 279 Å². The summed E-state index contributed by atoms with van der Waals surface area (Å²) in [6, 6.07) is 126. The first-order chi connectivity index (χ1) is 45.0. The quantitative estimate of drug-likeness (QED) is 0.116. The predicted molar refractivity (Wildman–Crippen MR) is 379 cm³/mol. The van der Waals surface area contributed by atoms with Gasteiger partial charge in [-0.2, -0.15) is 0 Å². The van der Waals surface area contributed by atoms with Crippen LogP contribution in [-0.4, -0.2) is 19.5 Å². The van der Waals surface area contributed by atoms with Crippen molar-refractivity contribution in [3.8, 4) is 140 Å². The summed E-state index contributed by atoms with van der Waals surface area (Å²) < 4.78 is 2.38. The van der Waals surface area contributed by atoms with Crippen molar-refractivity contribution in [3.05, 3.63) is 352 Å². The molecule has 0 aliphatic heterocycles. The molecule has 0 spiro atoms. The van der Waals surface area contributed by atoms with Crippen LogP contribution in [0.4, 0.5) is 0 Å². The van der Waals surface area contributed by atoms with Gasteiger partial charge in [0.2, 0.25) is 0 Å². The number of aromatic nitrogens is 4. The normalized spacial score (nSPS) is 11.3. The molecular weight excluding hydrogens is 1100 g/mol. The minimum absolute atomic E-state index is 0.591. The summed E-state index contributed by atoms with van der Waals surface area (Å²) in [6.07, 6.45) is 0. The Bertz CT molecular complexity index is 5300.